The molecule has 0 atom stereocenters. The number of nitrogens with zero attached hydrogens (tertiary/aromatic N) is 1. The van der Waals surface area contributed by atoms with E-state index in [1.165, 1.54) is 18.3 Å². The molecule has 2 heterocycles. The first-order chi connectivity index (χ1) is 13.0. The molecular formula is C19H14N4O4. The van der Waals surface area contributed by atoms with Crippen LogP contribution < -0.4 is 10.7 Å². The van der Waals surface area contributed by atoms with Crippen molar-refractivity contribution < 1.29 is 9.72 Å². The monoisotopic (exact) mass is 362 g/mol. The maximum absolute atomic E-state index is 12.6. The van der Waals surface area contributed by atoms with Crippen LogP contribution >= 0.6 is 0 Å². The van der Waals surface area contributed by atoms with Crippen LogP contribution in [0.1, 0.15) is 15.9 Å². The third-order valence-corrected chi connectivity index (χ3v) is 4.40. The number of nitro groups is 1. The third kappa shape index (κ3) is 2.93. The summed E-state index contributed by atoms with van der Waals surface area (Å²) in [5.41, 5.74) is 2.01. The molecule has 8 heteroatoms. The molecule has 0 aliphatic rings. The van der Waals surface area contributed by atoms with Gasteiger partial charge >= 0.3 is 0 Å². The van der Waals surface area contributed by atoms with E-state index >= 15 is 0 Å². The molecule has 1 amide bonds. The summed E-state index contributed by atoms with van der Waals surface area (Å²) in [5, 5.41) is 14.9. The van der Waals surface area contributed by atoms with Crippen LogP contribution in [0.5, 0.6) is 0 Å². The number of carbonyl (C=O) groups excluding carboxylic acids is 1. The van der Waals surface area contributed by atoms with Crippen LogP contribution in [0.2, 0.25) is 0 Å². The molecule has 0 spiro atoms. The number of hydrogen-bond acceptors (Lipinski definition) is 4. The molecule has 27 heavy (non-hydrogen) atoms. The fourth-order valence-electron chi connectivity index (χ4n) is 3.11. The Kier molecular flexibility index (Phi) is 3.92. The highest BCUT2D eigenvalue weighted by Crippen LogP contribution is 2.28. The van der Waals surface area contributed by atoms with Crippen LogP contribution in [0.4, 0.5) is 5.69 Å². The molecule has 134 valence electrons. The van der Waals surface area contributed by atoms with Crippen molar-refractivity contribution in [1.82, 2.24) is 15.3 Å². The molecule has 0 saturated heterocycles. The summed E-state index contributed by atoms with van der Waals surface area (Å²) in [4.78, 5) is 41.0. The molecule has 0 unspecified atom stereocenters. The predicted molar refractivity (Wildman–Crippen MR) is 101 cm³/mol. The van der Waals surface area contributed by atoms with E-state index in [0.717, 1.165) is 5.56 Å². The van der Waals surface area contributed by atoms with E-state index in [1.807, 2.05) is 0 Å². The largest absolute Gasteiger partial charge is 0.361 e. The standard InChI is InChI=1S/C19H14N4O4/c24-17-6-7-20-15-8-11(4-5-12(15)17)9-22-19(25)13-10-21-14-2-1-3-16(18(13)14)23(26)27/h1-8,10,21H,9H2,(H,20,24)(H,22,25). The van der Waals surface area contributed by atoms with Crippen molar-refractivity contribution in [3.8, 4) is 0 Å². The van der Waals surface area contributed by atoms with Gasteiger partial charge in [0.2, 0.25) is 0 Å². The molecule has 0 radical (unpaired) electrons. The van der Waals surface area contributed by atoms with E-state index in [1.54, 1.807) is 36.5 Å². The second kappa shape index (κ2) is 6.41. The van der Waals surface area contributed by atoms with E-state index in [2.05, 4.69) is 15.3 Å². The number of nitro benzene ring substituents is 1. The minimum atomic E-state index is -0.507. The first-order valence-electron chi connectivity index (χ1n) is 8.17. The number of aromatic amines is 2. The lowest BCUT2D eigenvalue weighted by atomic mass is 10.1. The van der Waals surface area contributed by atoms with Crippen LogP contribution in [0, 0.1) is 10.1 Å². The van der Waals surface area contributed by atoms with Gasteiger partial charge < -0.3 is 15.3 Å². The number of carbonyl (C=O) groups is 1. The van der Waals surface area contributed by atoms with Gasteiger partial charge in [0.1, 0.15) is 0 Å². The van der Waals surface area contributed by atoms with Crippen LogP contribution in [0.25, 0.3) is 21.8 Å². The second-order valence-electron chi connectivity index (χ2n) is 6.06. The summed E-state index contributed by atoms with van der Waals surface area (Å²) >= 11 is 0. The fraction of sp³-hybridized carbons (Fsp3) is 0.0526. The highest BCUT2D eigenvalue weighted by molar-refractivity contribution is 6.10. The Hall–Kier alpha value is -3.94. The Morgan fingerprint density at radius 1 is 1.11 bits per heavy atom. The van der Waals surface area contributed by atoms with Crippen LogP contribution in [0.15, 0.2) is 59.7 Å². The Balaban J connectivity index is 1.61. The van der Waals surface area contributed by atoms with E-state index < -0.39 is 10.8 Å². The van der Waals surface area contributed by atoms with Gasteiger partial charge in [0.25, 0.3) is 11.6 Å². The Morgan fingerprint density at radius 3 is 2.78 bits per heavy atom. The quantitative estimate of drug-likeness (QED) is 0.382. The highest BCUT2D eigenvalue weighted by atomic mass is 16.6. The fourth-order valence-corrected chi connectivity index (χ4v) is 3.11. The molecule has 8 nitrogen and oxygen atoms in total. The number of rotatable bonds is 4. The Labute approximate surface area is 152 Å². The van der Waals surface area contributed by atoms with E-state index in [-0.39, 0.29) is 28.6 Å². The lowest BCUT2D eigenvalue weighted by Gasteiger charge is -2.06. The van der Waals surface area contributed by atoms with Crippen molar-refractivity contribution >= 4 is 33.4 Å². The molecule has 2 aromatic heterocycles. The number of benzene rings is 2. The molecule has 0 bridgehead atoms. The predicted octanol–water partition coefficient (Wildman–Crippen LogP) is 2.85. The summed E-state index contributed by atoms with van der Waals surface area (Å²) in [6, 6.07) is 11.3. The summed E-state index contributed by atoms with van der Waals surface area (Å²) in [6.45, 7) is 0.221. The topological polar surface area (TPSA) is 121 Å². The van der Waals surface area contributed by atoms with Gasteiger partial charge in [0, 0.05) is 42.0 Å². The van der Waals surface area contributed by atoms with Gasteiger partial charge in [-0.05, 0) is 23.8 Å². The number of aromatic nitrogens is 2. The summed E-state index contributed by atoms with van der Waals surface area (Å²) in [6.07, 6.45) is 3.03. The maximum atomic E-state index is 12.6. The van der Waals surface area contributed by atoms with E-state index in [9.17, 15) is 19.7 Å². The molecule has 3 N–H and O–H groups in total. The molecule has 0 fully saturated rings. The van der Waals surface area contributed by atoms with E-state index in [4.69, 9.17) is 0 Å². The number of hydrogen-bond donors (Lipinski definition) is 3. The normalized spacial score (nSPS) is 11.0. The van der Waals surface area contributed by atoms with E-state index in [0.29, 0.717) is 16.4 Å². The van der Waals surface area contributed by atoms with Gasteiger partial charge in [-0.15, -0.1) is 0 Å². The maximum Gasteiger partial charge on any atom is 0.279 e. The lowest BCUT2D eigenvalue weighted by molar-refractivity contribution is -0.383. The first-order valence-corrected chi connectivity index (χ1v) is 8.17. The SMILES string of the molecule is O=C(NCc1ccc2c(=O)cc[nH]c2c1)c1c[nH]c2cccc([N+](=O)[O-])c12. The molecule has 0 aliphatic heterocycles. The van der Waals surface area contributed by atoms with Crippen molar-refractivity contribution in [3.05, 3.63) is 86.3 Å². The summed E-state index contributed by atoms with van der Waals surface area (Å²) in [5.74, 6) is -0.419. The highest BCUT2D eigenvalue weighted by Gasteiger charge is 2.20. The van der Waals surface area contributed by atoms with Crippen molar-refractivity contribution in [2.24, 2.45) is 0 Å². The van der Waals surface area contributed by atoms with Gasteiger partial charge in [-0.25, -0.2) is 0 Å². The van der Waals surface area contributed by atoms with Crippen molar-refractivity contribution in [1.29, 1.82) is 0 Å². The Bertz CT molecular complexity index is 1260. The van der Waals surface area contributed by atoms with Crippen molar-refractivity contribution in [2.45, 2.75) is 6.54 Å². The van der Waals surface area contributed by atoms with Crippen LogP contribution in [-0.2, 0) is 6.54 Å². The number of pyridine rings is 1. The minimum Gasteiger partial charge on any atom is -0.361 e. The second-order valence-corrected chi connectivity index (χ2v) is 6.06. The molecule has 2 aromatic carbocycles. The average Bonchev–Trinajstić information content (AvgIpc) is 3.10. The van der Waals surface area contributed by atoms with Gasteiger partial charge in [-0.1, -0.05) is 12.1 Å². The lowest BCUT2D eigenvalue weighted by Crippen LogP contribution is -2.22. The zero-order chi connectivity index (χ0) is 19.0. The van der Waals surface area contributed by atoms with Crippen molar-refractivity contribution in [3.63, 3.8) is 0 Å². The molecule has 4 aromatic rings. The smallest absolute Gasteiger partial charge is 0.279 e. The van der Waals surface area contributed by atoms with Gasteiger partial charge in [0.15, 0.2) is 5.43 Å². The summed E-state index contributed by atoms with van der Waals surface area (Å²) < 4.78 is 0. The molecule has 0 aliphatic carbocycles. The average molecular weight is 362 g/mol. The third-order valence-electron chi connectivity index (χ3n) is 4.40. The van der Waals surface area contributed by atoms with Gasteiger partial charge in [-0.3, -0.25) is 19.7 Å². The number of amides is 1. The van der Waals surface area contributed by atoms with Crippen LogP contribution in [-0.4, -0.2) is 20.8 Å². The zero-order valence-corrected chi connectivity index (χ0v) is 14.0. The zero-order valence-electron chi connectivity index (χ0n) is 14.0. The minimum absolute atomic E-state index is 0.0783. The van der Waals surface area contributed by atoms with Gasteiger partial charge in [-0.2, -0.15) is 0 Å². The first kappa shape index (κ1) is 16.5. The van der Waals surface area contributed by atoms with Gasteiger partial charge in [0.05, 0.1) is 21.4 Å². The number of non-ortho nitro benzene ring substituents is 1. The molecule has 4 rings (SSSR count). The number of fused-ring (bicyclic) bond motifs is 2. The van der Waals surface area contributed by atoms with Crippen LogP contribution in [0.3, 0.4) is 0 Å². The Morgan fingerprint density at radius 2 is 1.96 bits per heavy atom. The number of H-pyrrole nitrogens is 2. The number of nitrogens with one attached hydrogen (secondary N) is 3. The molecule has 0 saturated carbocycles. The summed E-state index contributed by atoms with van der Waals surface area (Å²) in [7, 11) is 0. The van der Waals surface area contributed by atoms with Crippen molar-refractivity contribution in [2.75, 3.05) is 0 Å². The molecular weight excluding hydrogens is 348 g/mol.